The molecule has 28 heavy (non-hydrogen) atoms. The van der Waals surface area contributed by atoms with Gasteiger partial charge in [-0.1, -0.05) is 56.7 Å². The number of benzene rings is 2. The topological polar surface area (TPSA) is 30.7 Å². The third-order valence-corrected chi connectivity index (χ3v) is 6.86. The molecule has 1 aromatic heterocycles. The lowest BCUT2D eigenvalue weighted by Gasteiger charge is -2.29. The maximum atomic E-state index is 4.78. The minimum atomic E-state index is -0.0445. The van der Waals surface area contributed by atoms with Crippen molar-refractivity contribution in [1.29, 1.82) is 0 Å². The molecule has 0 N–H and O–H groups in total. The Labute approximate surface area is 171 Å². The number of hydrogen-bond acceptors (Lipinski definition) is 2. The van der Waals surface area contributed by atoms with E-state index >= 15 is 0 Å². The molecule has 0 aliphatic carbocycles. The molecule has 3 aromatic rings. The molecule has 1 heterocycles. The summed E-state index contributed by atoms with van der Waals surface area (Å²) in [5, 5.41) is 9.53. The fourth-order valence-electron chi connectivity index (χ4n) is 4.07. The van der Waals surface area contributed by atoms with Gasteiger partial charge in [-0.3, -0.25) is 4.57 Å². The van der Waals surface area contributed by atoms with Gasteiger partial charge in [0.2, 0.25) is 0 Å². The Bertz CT molecular complexity index is 969. The first kappa shape index (κ1) is 20.7. The van der Waals surface area contributed by atoms with Crippen LogP contribution >= 0.6 is 9.24 Å². The Hall–Kier alpha value is -1.99. The standard InChI is InChI=1S/C24H32N3P/c1-7-14-24(6,15-28)23-26-25-22(20-13-9-10-16(2)19(20)5)27(23)21-17(3)11-8-12-18(21)4/h8-13H,7,14-15,28H2,1-6H3. The quantitative estimate of drug-likeness (QED) is 0.474. The summed E-state index contributed by atoms with van der Waals surface area (Å²) in [6.07, 6.45) is 3.15. The summed E-state index contributed by atoms with van der Waals surface area (Å²) in [5.41, 5.74) is 7.35. The zero-order valence-electron chi connectivity index (χ0n) is 18.0. The Balaban J connectivity index is 2.39. The Kier molecular flexibility index (Phi) is 6.05. The van der Waals surface area contributed by atoms with Crippen LogP contribution in [0.5, 0.6) is 0 Å². The van der Waals surface area contributed by atoms with Gasteiger partial charge in [0.15, 0.2) is 5.82 Å². The minimum absolute atomic E-state index is 0.0445. The molecule has 0 saturated carbocycles. The Morgan fingerprint density at radius 3 is 2.14 bits per heavy atom. The first-order chi connectivity index (χ1) is 13.3. The van der Waals surface area contributed by atoms with E-state index in [-0.39, 0.29) is 5.41 Å². The first-order valence-electron chi connectivity index (χ1n) is 10.1. The third-order valence-electron chi connectivity index (χ3n) is 5.96. The van der Waals surface area contributed by atoms with Crippen molar-refractivity contribution in [2.75, 3.05) is 6.16 Å². The van der Waals surface area contributed by atoms with Crippen LogP contribution in [-0.4, -0.2) is 20.9 Å². The van der Waals surface area contributed by atoms with E-state index in [0.717, 1.165) is 36.2 Å². The molecular weight excluding hydrogens is 361 g/mol. The molecule has 0 saturated heterocycles. The average molecular weight is 394 g/mol. The van der Waals surface area contributed by atoms with E-state index in [1.165, 1.54) is 27.9 Å². The molecule has 0 bridgehead atoms. The highest BCUT2D eigenvalue weighted by Gasteiger charge is 2.33. The van der Waals surface area contributed by atoms with Crippen LogP contribution in [-0.2, 0) is 5.41 Å². The number of aromatic nitrogens is 3. The van der Waals surface area contributed by atoms with Gasteiger partial charge in [0.05, 0.1) is 5.69 Å². The van der Waals surface area contributed by atoms with E-state index in [0.29, 0.717) is 0 Å². The molecule has 148 valence electrons. The van der Waals surface area contributed by atoms with Crippen molar-refractivity contribution in [3.63, 3.8) is 0 Å². The summed E-state index contributed by atoms with van der Waals surface area (Å²) in [7, 11) is 2.93. The van der Waals surface area contributed by atoms with Gasteiger partial charge in [-0.2, -0.15) is 0 Å². The highest BCUT2D eigenvalue weighted by molar-refractivity contribution is 7.16. The molecule has 0 fully saturated rings. The van der Waals surface area contributed by atoms with Crippen molar-refractivity contribution in [1.82, 2.24) is 14.8 Å². The molecule has 2 atom stereocenters. The maximum Gasteiger partial charge on any atom is 0.168 e. The van der Waals surface area contributed by atoms with E-state index < -0.39 is 0 Å². The van der Waals surface area contributed by atoms with E-state index in [1.54, 1.807) is 0 Å². The number of aryl methyl sites for hydroxylation is 3. The molecule has 0 aliphatic rings. The summed E-state index contributed by atoms with van der Waals surface area (Å²) in [5.74, 6) is 1.99. The van der Waals surface area contributed by atoms with Crippen molar-refractivity contribution >= 4 is 9.24 Å². The third kappa shape index (κ3) is 3.53. The van der Waals surface area contributed by atoms with Crippen LogP contribution in [0.2, 0.25) is 0 Å². The van der Waals surface area contributed by atoms with Crippen molar-refractivity contribution in [2.45, 2.75) is 59.8 Å². The van der Waals surface area contributed by atoms with E-state index in [1.807, 2.05) is 0 Å². The number of nitrogens with zero attached hydrogens (tertiary/aromatic N) is 3. The largest absolute Gasteiger partial charge is 0.278 e. The Morgan fingerprint density at radius 2 is 1.54 bits per heavy atom. The molecule has 0 spiro atoms. The second-order valence-corrected chi connectivity index (χ2v) is 8.59. The van der Waals surface area contributed by atoms with Crippen LogP contribution in [0.25, 0.3) is 17.1 Å². The smallest absolute Gasteiger partial charge is 0.168 e. The van der Waals surface area contributed by atoms with Gasteiger partial charge in [-0.25, -0.2) is 0 Å². The van der Waals surface area contributed by atoms with Crippen LogP contribution < -0.4 is 0 Å². The van der Waals surface area contributed by atoms with Crippen molar-refractivity contribution in [2.24, 2.45) is 0 Å². The predicted octanol–water partition coefficient (Wildman–Crippen LogP) is 6.10. The lowest BCUT2D eigenvalue weighted by Crippen LogP contribution is -2.28. The van der Waals surface area contributed by atoms with Gasteiger partial charge in [0, 0.05) is 11.0 Å². The highest BCUT2D eigenvalue weighted by Crippen LogP contribution is 2.37. The monoisotopic (exact) mass is 393 g/mol. The number of hydrogen-bond donors (Lipinski definition) is 0. The lowest BCUT2D eigenvalue weighted by molar-refractivity contribution is 0.445. The summed E-state index contributed by atoms with van der Waals surface area (Å²) in [6.45, 7) is 13.2. The highest BCUT2D eigenvalue weighted by atomic mass is 31.0. The van der Waals surface area contributed by atoms with E-state index in [2.05, 4.69) is 91.7 Å². The van der Waals surface area contributed by atoms with Gasteiger partial charge in [-0.15, -0.1) is 19.4 Å². The average Bonchev–Trinajstić information content (AvgIpc) is 3.09. The normalized spacial score (nSPS) is 13.5. The molecule has 0 aliphatic heterocycles. The zero-order valence-corrected chi connectivity index (χ0v) is 19.2. The second kappa shape index (κ2) is 8.17. The first-order valence-corrected chi connectivity index (χ1v) is 10.9. The summed E-state index contributed by atoms with van der Waals surface area (Å²) >= 11 is 0. The fourth-order valence-corrected chi connectivity index (χ4v) is 4.46. The molecule has 3 nitrogen and oxygen atoms in total. The van der Waals surface area contributed by atoms with Crippen molar-refractivity contribution in [3.05, 3.63) is 64.5 Å². The van der Waals surface area contributed by atoms with Crippen LogP contribution in [0.15, 0.2) is 36.4 Å². The fraction of sp³-hybridized carbons (Fsp3) is 0.417. The van der Waals surface area contributed by atoms with Crippen molar-refractivity contribution < 1.29 is 0 Å². The van der Waals surface area contributed by atoms with Gasteiger partial charge in [0.1, 0.15) is 5.82 Å². The molecular formula is C24H32N3P. The summed E-state index contributed by atoms with van der Waals surface area (Å²) in [4.78, 5) is 0. The molecule has 0 radical (unpaired) electrons. The number of para-hydroxylation sites is 1. The van der Waals surface area contributed by atoms with Gasteiger partial charge in [-0.05, 0) is 62.5 Å². The number of rotatable bonds is 6. The lowest BCUT2D eigenvalue weighted by atomic mass is 9.86. The molecule has 3 rings (SSSR count). The van der Waals surface area contributed by atoms with E-state index in [4.69, 9.17) is 10.2 Å². The minimum Gasteiger partial charge on any atom is -0.278 e. The molecule has 4 heteroatoms. The van der Waals surface area contributed by atoms with Crippen LogP contribution in [0.3, 0.4) is 0 Å². The predicted molar refractivity (Wildman–Crippen MR) is 123 cm³/mol. The second-order valence-electron chi connectivity index (χ2n) is 8.19. The summed E-state index contributed by atoms with van der Waals surface area (Å²) < 4.78 is 2.33. The molecule has 2 unspecified atom stereocenters. The SMILES string of the molecule is CCCC(C)(CP)c1nnc(-c2cccc(C)c2C)n1-c1c(C)cccc1C. The molecule has 2 aromatic carbocycles. The summed E-state index contributed by atoms with van der Waals surface area (Å²) in [6, 6.07) is 12.9. The van der Waals surface area contributed by atoms with Gasteiger partial charge < -0.3 is 0 Å². The van der Waals surface area contributed by atoms with Crippen LogP contribution in [0, 0.1) is 27.7 Å². The van der Waals surface area contributed by atoms with Crippen LogP contribution in [0.1, 0.15) is 54.8 Å². The van der Waals surface area contributed by atoms with Crippen LogP contribution in [0.4, 0.5) is 0 Å². The van der Waals surface area contributed by atoms with Gasteiger partial charge >= 0.3 is 0 Å². The van der Waals surface area contributed by atoms with Gasteiger partial charge in [0.25, 0.3) is 0 Å². The zero-order chi connectivity index (χ0) is 20.5. The van der Waals surface area contributed by atoms with Crippen molar-refractivity contribution in [3.8, 4) is 17.1 Å². The maximum absolute atomic E-state index is 4.78. The molecule has 0 amide bonds. The van der Waals surface area contributed by atoms with E-state index in [9.17, 15) is 0 Å². The Morgan fingerprint density at radius 1 is 0.929 bits per heavy atom.